The van der Waals surface area contributed by atoms with Crippen molar-refractivity contribution in [3.63, 3.8) is 0 Å². The maximum absolute atomic E-state index is 11.8. The summed E-state index contributed by atoms with van der Waals surface area (Å²) >= 11 is 0. The Morgan fingerprint density at radius 3 is 2.75 bits per heavy atom. The Bertz CT molecular complexity index is 455. The molecule has 0 amide bonds. The van der Waals surface area contributed by atoms with Gasteiger partial charge in [-0.3, -0.25) is 4.79 Å². The highest BCUT2D eigenvalue weighted by atomic mass is 16.5. The standard InChI is InChI=1S/C12H16N2O2/c1-9(2)16-7-6-14-10(3)4-5-11(8-13)12(14)15/h4-5,9H,6-7H2,1-3H3. The third kappa shape index (κ3) is 2.94. The normalized spacial score (nSPS) is 10.4. The molecule has 4 nitrogen and oxygen atoms in total. The molecule has 1 aromatic heterocycles. The Morgan fingerprint density at radius 2 is 2.19 bits per heavy atom. The summed E-state index contributed by atoms with van der Waals surface area (Å²) in [6.45, 7) is 6.70. The highest BCUT2D eigenvalue weighted by molar-refractivity contribution is 5.27. The van der Waals surface area contributed by atoms with Gasteiger partial charge in [0.05, 0.1) is 12.7 Å². The van der Waals surface area contributed by atoms with Crippen LogP contribution < -0.4 is 5.56 Å². The largest absolute Gasteiger partial charge is 0.377 e. The average Bonchev–Trinajstić information content (AvgIpc) is 2.23. The zero-order chi connectivity index (χ0) is 12.1. The maximum atomic E-state index is 11.8. The summed E-state index contributed by atoms with van der Waals surface area (Å²) in [5.41, 5.74) is 0.779. The van der Waals surface area contributed by atoms with Crippen molar-refractivity contribution in [3.8, 4) is 6.07 Å². The number of hydrogen-bond acceptors (Lipinski definition) is 3. The van der Waals surface area contributed by atoms with Gasteiger partial charge in [0.15, 0.2) is 0 Å². The molecule has 0 unspecified atom stereocenters. The number of hydrogen-bond donors (Lipinski definition) is 0. The van der Waals surface area contributed by atoms with Crippen LogP contribution in [0.3, 0.4) is 0 Å². The Balaban J connectivity index is 2.87. The van der Waals surface area contributed by atoms with Crippen molar-refractivity contribution in [2.24, 2.45) is 0 Å². The Kier molecular flexibility index (Phi) is 4.27. The zero-order valence-electron chi connectivity index (χ0n) is 9.86. The second-order valence-corrected chi connectivity index (χ2v) is 3.88. The van der Waals surface area contributed by atoms with Crippen LogP contribution in [0.4, 0.5) is 0 Å². The molecule has 16 heavy (non-hydrogen) atoms. The third-order valence-electron chi connectivity index (χ3n) is 2.28. The smallest absolute Gasteiger partial charge is 0.268 e. The summed E-state index contributed by atoms with van der Waals surface area (Å²) < 4.78 is 6.96. The van der Waals surface area contributed by atoms with Gasteiger partial charge in [0, 0.05) is 12.2 Å². The quantitative estimate of drug-likeness (QED) is 0.771. The van der Waals surface area contributed by atoms with Gasteiger partial charge in [-0.2, -0.15) is 5.26 Å². The third-order valence-corrected chi connectivity index (χ3v) is 2.28. The van der Waals surface area contributed by atoms with Crippen LogP contribution in [-0.4, -0.2) is 17.3 Å². The molecule has 0 spiro atoms. The molecule has 0 radical (unpaired) electrons. The van der Waals surface area contributed by atoms with Crippen molar-refractivity contribution in [2.75, 3.05) is 6.61 Å². The van der Waals surface area contributed by atoms with Crippen LogP contribution >= 0.6 is 0 Å². The molecule has 0 aliphatic heterocycles. The SMILES string of the molecule is Cc1ccc(C#N)c(=O)n1CCOC(C)C. The van der Waals surface area contributed by atoms with Crippen LogP contribution in [0.15, 0.2) is 16.9 Å². The van der Waals surface area contributed by atoms with Gasteiger partial charge in [0.1, 0.15) is 11.6 Å². The van der Waals surface area contributed by atoms with Crippen LogP contribution in [0, 0.1) is 18.3 Å². The second-order valence-electron chi connectivity index (χ2n) is 3.88. The van der Waals surface area contributed by atoms with E-state index < -0.39 is 0 Å². The highest BCUT2D eigenvalue weighted by Crippen LogP contribution is 1.98. The first kappa shape index (κ1) is 12.5. The van der Waals surface area contributed by atoms with Gasteiger partial charge in [0.2, 0.25) is 0 Å². The van der Waals surface area contributed by atoms with E-state index in [1.54, 1.807) is 16.7 Å². The van der Waals surface area contributed by atoms with Crippen LogP contribution in [0.1, 0.15) is 25.1 Å². The van der Waals surface area contributed by atoms with E-state index in [4.69, 9.17) is 10.00 Å². The fourth-order valence-corrected chi connectivity index (χ4v) is 1.41. The molecule has 86 valence electrons. The summed E-state index contributed by atoms with van der Waals surface area (Å²) in [4.78, 5) is 11.8. The highest BCUT2D eigenvalue weighted by Gasteiger charge is 2.05. The predicted molar refractivity (Wildman–Crippen MR) is 61.2 cm³/mol. The Hall–Kier alpha value is -1.60. The molecular formula is C12H16N2O2. The lowest BCUT2D eigenvalue weighted by molar-refractivity contribution is 0.0719. The minimum atomic E-state index is -0.241. The van der Waals surface area contributed by atoms with Crippen molar-refractivity contribution in [2.45, 2.75) is 33.4 Å². The van der Waals surface area contributed by atoms with Crippen molar-refractivity contribution in [1.29, 1.82) is 5.26 Å². The Labute approximate surface area is 95.1 Å². The molecule has 0 aromatic carbocycles. The number of aryl methyl sites for hydroxylation is 1. The molecule has 0 saturated carbocycles. The summed E-state index contributed by atoms with van der Waals surface area (Å²) in [5.74, 6) is 0. The molecule has 1 aromatic rings. The molecule has 0 N–H and O–H groups in total. The topological polar surface area (TPSA) is 55.0 Å². The van der Waals surface area contributed by atoms with Crippen molar-refractivity contribution in [3.05, 3.63) is 33.7 Å². The van der Waals surface area contributed by atoms with Crippen LogP contribution in [0.2, 0.25) is 0 Å². The molecule has 0 saturated heterocycles. The summed E-state index contributed by atoms with van der Waals surface area (Å²) in [7, 11) is 0. The van der Waals surface area contributed by atoms with E-state index in [1.165, 1.54) is 0 Å². The lowest BCUT2D eigenvalue weighted by atomic mass is 10.2. The molecular weight excluding hydrogens is 204 g/mol. The van der Waals surface area contributed by atoms with E-state index >= 15 is 0 Å². The molecule has 0 aliphatic carbocycles. The van der Waals surface area contributed by atoms with E-state index in [0.717, 1.165) is 5.69 Å². The van der Waals surface area contributed by atoms with E-state index in [9.17, 15) is 4.79 Å². The molecule has 1 heterocycles. The number of nitrogens with zero attached hydrogens (tertiary/aromatic N) is 2. The fraction of sp³-hybridized carbons (Fsp3) is 0.500. The van der Waals surface area contributed by atoms with Gasteiger partial charge in [-0.1, -0.05) is 0 Å². The van der Waals surface area contributed by atoms with Gasteiger partial charge < -0.3 is 9.30 Å². The van der Waals surface area contributed by atoms with Crippen LogP contribution in [-0.2, 0) is 11.3 Å². The van der Waals surface area contributed by atoms with Gasteiger partial charge in [0.25, 0.3) is 5.56 Å². The molecule has 0 fully saturated rings. The maximum Gasteiger partial charge on any atom is 0.268 e. The lowest BCUT2D eigenvalue weighted by Gasteiger charge is -2.12. The van der Waals surface area contributed by atoms with Gasteiger partial charge in [-0.15, -0.1) is 0 Å². The van der Waals surface area contributed by atoms with Gasteiger partial charge in [-0.25, -0.2) is 0 Å². The molecule has 4 heteroatoms. The number of rotatable bonds is 4. The van der Waals surface area contributed by atoms with E-state index in [-0.39, 0.29) is 17.2 Å². The summed E-state index contributed by atoms with van der Waals surface area (Å²) in [6, 6.07) is 5.21. The van der Waals surface area contributed by atoms with E-state index in [2.05, 4.69) is 0 Å². The number of aromatic nitrogens is 1. The fourth-order valence-electron chi connectivity index (χ4n) is 1.41. The number of pyridine rings is 1. The summed E-state index contributed by atoms with van der Waals surface area (Å²) in [5, 5.41) is 8.75. The molecule has 0 atom stereocenters. The molecule has 1 rings (SSSR count). The monoisotopic (exact) mass is 220 g/mol. The van der Waals surface area contributed by atoms with Crippen LogP contribution in [0.25, 0.3) is 0 Å². The lowest BCUT2D eigenvalue weighted by Crippen LogP contribution is -2.26. The molecule has 0 bridgehead atoms. The summed E-state index contributed by atoms with van der Waals surface area (Å²) in [6.07, 6.45) is 0.148. The predicted octanol–water partition coefficient (Wildman–Crippen LogP) is 1.45. The number of ether oxygens (including phenoxy) is 1. The van der Waals surface area contributed by atoms with E-state index in [0.29, 0.717) is 13.2 Å². The van der Waals surface area contributed by atoms with Crippen molar-refractivity contribution < 1.29 is 4.74 Å². The first-order valence-corrected chi connectivity index (χ1v) is 5.28. The number of nitriles is 1. The Morgan fingerprint density at radius 1 is 1.50 bits per heavy atom. The molecule has 0 aliphatic rings. The van der Waals surface area contributed by atoms with Crippen molar-refractivity contribution >= 4 is 0 Å². The van der Waals surface area contributed by atoms with Crippen LogP contribution in [0.5, 0.6) is 0 Å². The van der Waals surface area contributed by atoms with Gasteiger partial charge >= 0.3 is 0 Å². The van der Waals surface area contributed by atoms with Crippen molar-refractivity contribution in [1.82, 2.24) is 4.57 Å². The minimum Gasteiger partial charge on any atom is -0.377 e. The first-order valence-electron chi connectivity index (χ1n) is 5.28. The van der Waals surface area contributed by atoms with Gasteiger partial charge in [-0.05, 0) is 32.9 Å². The van der Waals surface area contributed by atoms with E-state index in [1.807, 2.05) is 26.8 Å². The minimum absolute atomic E-state index is 0.148. The first-order chi connectivity index (χ1) is 7.56. The average molecular weight is 220 g/mol. The zero-order valence-corrected chi connectivity index (χ0v) is 9.86. The second kappa shape index (κ2) is 5.47.